The van der Waals surface area contributed by atoms with Gasteiger partial charge in [-0.1, -0.05) is 12.2 Å². The van der Waals surface area contributed by atoms with Gasteiger partial charge in [-0.2, -0.15) is 0 Å². The molecule has 0 saturated carbocycles. The molecule has 0 saturated heterocycles. The Morgan fingerprint density at radius 2 is 2.11 bits per heavy atom. The van der Waals surface area contributed by atoms with Crippen LogP contribution in [0.15, 0.2) is 30.4 Å². The second kappa shape index (κ2) is 5.09. The van der Waals surface area contributed by atoms with E-state index in [4.69, 9.17) is 10.8 Å². The lowest BCUT2D eigenvalue weighted by molar-refractivity contribution is -0.140. The summed E-state index contributed by atoms with van der Waals surface area (Å²) in [5.41, 5.74) is 5.45. The Morgan fingerprint density at radius 1 is 1.37 bits per heavy atom. The SMILES string of the molecule is Nc1ccc(C(=O)NC2C=CC(C(=O)O)C2)cc1F. The number of hydrogen-bond acceptors (Lipinski definition) is 3. The zero-order chi connectivity index (χ0) is 14.0. The van der Waals surface area contributed by atoms with E-state index in [0.717, 1.165) is 6.07 Å². The van der Waals surface area contributed by atoms with Crippen LogP contribution in [-0.2, 0) is 4.79 Å². The molecule has 1 aromatic carbocycles. The van der Waals surface area contributed by atoms with E-state index in [0.29, 0.717) is 6.42 Å². The molecular formula is C13H13FN2O3. The number of nitrogen functional groups attached to an aromatic ring is 1. The lowest BCUT2D eigenvalue weighted by atomic mass is 10.1. The molecule has 100 valence electrons. The monoisotopic (exact) mass is 264 g/mol. The third kappa shape index (κ3) is 2.90. The van der Waals surface area contributed by atoms with Crippen LogP contribution in [0.5, 0.6) is 0 Å². The van der Waals surface area contributed by atoms with Crippen LogP contribution in [0.3, 0.4) is 0 Å². The molecule has 2 rings (SSSR count). The third-order valence-corrected chi connectivity index (χ3v) is 2.98. The summed E-state index contributed by atoms with van der Waals surface area (Å²) in [5.74, 6) is -2.63. The molecular weight excluding hydrogens is 251 g/mol. The highest BCUT2D eigenvalue weighted by atomic mass is 19.1. The summed E-state index contributed by atoms with van der Waals surface area (Å²) < 4.78 is 13.2. The first-order valence-corrected chi connectivity index (χ1v) is 5.74. The average Bonchev–Trinajstić information content (AvgIpc) is 2.81. The Balaban J connectivity index is 2.00. The summed E-state index contributed by atoms with van der Waals surface area (Å²) in [6.07, 6.45) is 3.47. The Morgan fingerprint density at radius 3 is 2.68 bits per heavy atom. The summed E-state index contributed by atoms with van der Waals surface area (Å²) in [6.45, 7) is 0. The highest BCUT2D eigenvalue weighted by Crippen LogP contribution is 2.19. The van der Waals surface area contributed by atoms with Crippen LogP contribution >= 0.6 is 0 Å². The van der Waals surface area contributed by atoms with Crippen molar-refractivity contribution in [1.29, 1.82) is 0 Å². The van der Waals surface area contributed by atoms with Crippen molar-refractivity contribution in [3.8, 4) is 0 Å². The maximum absolute atomic E-state index is 13.2. The fourth-order valence-corrected chi connectivity index (χ4v) is 1.91. The number of halogens is 1. The van der Waals surface area contributed by atoms with Crippen molar-refractivity contribution >= 4 is 17.6 Å². The number of benzene rings is 1. The maximum Gasteiger partial charge on any atom is 0.310 e. The molecule has 0 aliphatic heterocycles. The predicted molar refractivity (Wildman–Crippen MR) is 66.9 cm³/mol. The molecule has 0 aromatic heterocycles. The van der Waals surface area contributed by atoms with E-state index in [-0.39, 0.29) is 17.3 Å². The molecule has 5 nitrogen and oxygen atoms in total. The number of anilines is 1. The molecule has 1 amide bonds. The van der Waals surface area contributed by atoms with Crippen molar-refractivity contribution in [3.63, 3.8) is 0 Å². The molecule has 2 atom stereocenters. The average molecular weight is 264 g/mol. The summed E-state index contributed by atoms with van der Waals surface area (Å²) in [7, 11) is 0. The summed E-state index contributed by atoms with van der Waals surface area (Å²) >= 11 is 0. The normalized spacial score (nSPS) is 21.3. The van der Waals surface area contributed by atoms with Gasteiger partial charge in [-0.3, -0.25) is 9.59 Å². The number of nitrogens with one attached hydrogen (secondary N) is 1. The van der Waals surface area contributed by atoms with Crippen LogP contribution in [0.2, 0.25) is 0 Å². The van der Waals surface area contributed by atoms with Crippen LogP contribution in [0.1, 0.15) is 16.8 Å². The number of carbonyl (C=O) groups excluding carboxylic acids is 1. The van der Waals surface area contributed by atoms with E-state index in [1.165, 1.54) is 18.2 Å². The van der Waals surface area contributed by atoms with E-state index >= 15 is 0 Å². The first-order chi connectivity index (χ1) is 8.97. The highest BCUT2D eigenvalue weighted by Gasteiger charge is 2.25. The molecule has 1 aromatic rings. The number of hydrogen-bond donors (Lipinski definition) is 3. The van der Waals surface area contributed by atoms with Gasteiger partial charge in [0.1, 0.15) is 5.82 Å². The van der Waals surface area contributed by atoms with Crippen LogP contribution in [0, 0.1) is 11.7 Å². The summed E-state index contributed by atoms with van der Waals surface area (Å²) in [4.78, 5) is 22.6. The van der Waals surface area contributed by atoms with Crippen LogP contribution in [-0.4, -0.2) is 23.0 Å². The second-order valence-corrected chi connectivity index (χ2v) is 4.38. The number of rotatable bonds is 3. The van der Waals surface area contributed by atoms with E-state index < -0.39 is 23.6 Å². The van der Waals surface area contributed by atoms with E-state index in [1.54, 1.807) is 6.08 Å². The molecule has 2 unspecified atom stereocenters. The number of carboxylic acid groups (broad SMARTS) is 1. The molecule has 1 aliphatic rings. The molecule has 0 fully saturated rings. The van der Waals surface area contributed by atoms with Crippen molar-refractivity contribution in [2.24, 2.45) is 5.92 Å². The fraction of sp³-hybridized carbons (Fsp3) is 0.231. The standard InChI is InChI=1S/C13H13FN2O3/c14-10-6-7(2-4-11(10)15)12(17)16-9-3-1-8(5-9)13(18)19/h1-4,6,8-9H,5,15H2,(H,16,17)(H,18,19). The first-order valence-electron chi connectivity index (χ1n) is 5.74. The molecule has 0 radical (unpaired) electrons. The summed E-state index contributed by atoms with van der Waals surface area (Å²) in [5, 5.41) is 11.5. The van der Waals surface area contributed by atoms with E-state index in [1.807, 2.05) is 0 Å². The Bertz CT molecular complexity index is 557. The van der Waals surface area contributed by atoms with Gasteiger partial charge in [-0.25, -0.2) is 4.39 Å². The third-order valence-electron chi connectivity index (χ3n) is 2.98. The molecule has 4 N–H and O–H groups in total. The number of amides is 1. The van der Waals surface area contributed by atoms with Gasteiger partial charge in [0.05, 0.1) is 11.6 Å². The minimum Gasteiger partial charge on any atom is -0.481 e. The van der Waals surface area contributed by atoms with Crippen molar-refractivity contribution in [2.75, 3.05) is 5.73 Å². The number of carbonyl (C=O) groups is 2. The lowest BCUT2D eigenvalue weighted by Crippen LogP contribution is -2.33. The molecule has 0 bridgehead atoms. The van der Waals surface area contributed by atoms with Crippen LogP contribution in [0.25, 0.3) is 0 Å². The van der Waals surface area contributed by atoms with Gasteiger partial charge in [0, 0.05) is 11.6 Å². The van der Waals surface area contributed by atoms with Gasteiger partial charge >= 0.3 is 5.97 Å². The predicted octanol–water partition coefficient (Wildman–Crippen LogP) is 1.17. The van der Waals surface area contributed by atoms with Crippen LogP contribution < -0.4 is 11.1 Å². The van der Waals surface area contributed by atoms with Gasteiger partial charge in [0.2, 0.25) is 0 Å². The molecule has 19 heavy (non-hydrogen) atoms. The smallest absolute Gasteiger partial charge is 0.310 e. The second-order valence-electron chi connectivity index (χ2n) is 4.38. The summed E-state index contributed by atoms with van der Waals surface area (Å²) in [6, 6.07) is 3.43. The van der Waals surface area contributed by atoms with E-state index in [2.05, 4.69) is 5.32 Å². The van der Waals surface area contributed by atoms with Crippen molar-refractivity contribution in [1.82, 2.24) is 5.32 Å². The number of nitrogens with two attached hydrogens (primary N) is 1. The quantitative estimate of drug-likeness (QED) is 0.564. The Labute approximate surface area is 108 Å². The fourth-order valence-electron chi connectivity index (χ4n) is 1.91. The lowest BCUT2D eigenvalue weighted by Gasteiger charge is -2.12. The highest BCUT2D eigenvalue weighted by molar-refractivity contribution is 5.95. The largest absolute Gasteiger partial charge is 0.481 e. The van der Waals surface area contributed by atoms with Crippen molar-refractivity contribution < 1.29 is 19.1 Å². The minimum atomic E-state index is -0.925. The zero-order valence-electron chi connectivity index (χ0n) is 9.97. The minimum absolute atomic E-state index is 0.0248. The van der Waals surface area contributed by atoms with Crippen molar-refractivity contribution in [3.05, 3.63) is 41.7 Å². The molecule has 1 aliphatic carbocycles. The zero-order valence-corrected chi connectivity index (χ0v) is 9.97. The molecule has 6 heteroatoms. The molecule has 0 spiro atoms. The number of aliphatic carboxylic acids is 1. The van der Waals surface area contributed by atoms with Crippen LogP contribution in [0.4, 0.5) is 10.1 Å². The Hall–Kier alpha value is -2.37. The van der Waals surface area contributed by atoms with Gasteiger partial charge in [0.15, 0.2) is 0 Å². The van der Waals surface area contributed by atoms with Gasteiger partial charge in [-0.05, 0) is 24.6 Å². The molecule has 0 heterocycles. The number of carboxylic acids is 1. The van der Waals surface area contributed by atoms with Crippen molar-refractivity contribution in [2.45, 2.75) is 12.5 Å². The van der Waals surface area contributed by atoms with Gasteiger partial charge in [-0.15, -0.1) is 0 Å². The van der Waals surface area contributed by atoms with Gasteiger partial charge in [0.25, 0.3) is 5.91 Å². The first kappa shape index (κ1) is 13.1. The van der Waals surface area contributed by atoms with Gasteiger partial charge < -0.3 is 16.2 Å². The topological polar surface area (TPSA) is 92.4 Å². The maximum atomic E-state index is 13.2. The Kier molecular flexibility index (Phi) is 3.50. The van der Waals surface area contributed by atoms with E-state index in [9.17, 15) is 14.0 Å².